The van der Waals surface area contributed by atoms with E-state index in [0.29, 0.717) is 34.0 Å². The number of sulfonamides is 1. The van der Waals surface area contributed by atoms with E-state index in [1.165, 1.54) is 50.9 Å². The van der Waals surface area contributed by atoms with Gasteiger partial charge in [0.1, 0.15) is 0 Å². The van der Waals surface area contributed by atoms with Gasteiger partial charge in [-0.2, -0.15) is 4.31 Å². The molecule has 2 aromatic heterocycles. The lowest BCUT2D eigenvalue weighted by Gasteiger charge is -2.26. The molecule has 12 heteroatoms. The molecule has 0 aliphatic carbocycles. The van der Waals surface area contributed by atoms with Crippen molar-refractivity contribution in [3.8, 4) is 0 Å². The molecule has 0 aliphatic rings. The summed E-state index contributed by atoms with van der Waals surface area (Å²) in [5.41, 5.74) is 1.63. The van der Waals surface area contributed by atoms with Crippen LogP contribution in [0, 0.1) is 11.8 Å². The molecular formula is C29H34N4O5S3. The first-order valence-corrected chi connectivity index (χ1v) is 17.3. The van der Waals surface area contributed by atoms with E-state index in [2.05, 4.69) is 9.97 Å². The van der Waals surface area contributed by atoms with E-state index in [1.807, 2.05) is 33.8 Å². The lowest BCUT2D eigenvalue weighted by molar-refractivity contribution is 0.0985. The van der Waals surface area contributed by atoms with E-state index >= 15 is 0 Å². The van der Waals surface area contributed by atoms with Gasteiger partial charge in [0.05, 0.1) is 26.6 Å². The standard InChI is InChI=1S/C29H34N4O5S3/c1-20(2)17-32(18-21(3)4)41(37,38)24-10-8-23(9-11-24)28(34)33(19-22-7-6-14-30-16-22)29-31-26-13-12-25(40(5,35)36)15-27(26)39-29/h6-16,20-21H,17-19H2,1-5H3. The number of hydrogen-bond donors (Lipinski definition) is 0. The van der Waals surface area contributed by atoms with Gasteiger partial charge in [0.2, 0.25) is 10.0 Å². The molecule has 0 fully saturated rings. The van der Waals surface area contributed by atoms with Gasteiger partial charge in [-0.15, -0.1) is 0 Å². The van der Waals surface area contributed by atoms with Crippen molar-refractivity contribution in [3.63, 3.8) is 0 Å². The number of thiazole rings is 1. The van der Waals surface area contributed by atoms with E-state index in [-0.39, 0.29) is 34.1 Å². The fraction of sp³-hybridized carbons (Fsp3) is 0.345. The zero-order chi connectivity index (χ0) is 29.9. The molecule has 0 radical (unpaired) electrons. The second-order valence-electron chi connectivity index (χ2n) is 10.8. The van der Waals surface area contributed by atoms with Gasteiger partial charge in [0.15, 0.2) is 15.0 Å². The molecule has 4 rings (SSSR count). The Bertz CT molecular complexity index is 1720. The van der Waals surface area contributed by atoms with E-state index in [0.717, 1.165) is 11.8 Å². The van der Waals surface area contributed by atoms with Gasteiger partial charge in [0.25, 0.3) is 5.91 Å². The Labute approximate surface area is 245 Å². The number of benzene rings is 2. The molecule has 0 aliphatic heterocycles. The van der Waals surface area contributed by atoms with Crippen molar-refractivity contribution in [2.45, 2.75) is 44.0 Å². The Morgan fingerprint density at radius 3 is 2.10 bits per heavy atom. The number of pyridine rings is 1. The molecular weight excluding hydrogens is 581 g/mol. The third-order valence-electron chi connectivity index (χ3n) is 6.19. The molecule has 218 valence electrons. The van der Waals surface area contributed by atoms with Gasteiger partial charge < -0.3 is 0 Å². The van der Waals surface area contributed by atoms with Crippen molar-refractivity contribution in [1.82, 2.24) is 14.3 Å². The van der Waals surface area contributed by atoms with Crippen molar-refractivity contribution in [3.05, 3.63) is 78.1 Å². The first-order valence-electron chi connectivity index (χ1n) is 13.2. The number of aromatic nitrogens is 2. The van der Waals surface area contributed by atoms with Crippen molar-refractivity contribution in [2.24, 2.45) is 11.8 Å². The third-order valence-corrected chi connectivity index (χ3v) is 10.2. The topological polar surface area (TPSA) is 118 Å². The van der Waals surface area contributed by atoms with Gasteiger partial charge in [-0.05, 0) is 65.9 Å². The molecule has 0 unspecified atom stereocenters. The number of carbonyl (C=O) groups is 1. The fourth-order valence-electron chi connectivity index (χ4n) is 4.30. The highest BCUT2D eigenvalue weighted by atomic mass is 32.2. The van der Waals surface area contributed by atoms with E-state index in [9.17, 15) is 21.6 Å². The van der Waals surface area contributed by atoms with Crippen LogP contribution < -0.4 is 4.90 Å². The number of rotatable bonds is 11. The predicted octanol–water partition coefficient (Wildman–Crippen LogP) is 5.24. The van der Waals surface area contributed by atoms with E-state index in [1.54, 1.807) is 30.6 Å². The maximum atomic E-state index is 13.9. The molecule has 1 amide bonds. The van der Waals surface area contributed by atoms with Gasteiger partial charge in [-0.25, -0.2) is 21.8 Å². The molecule has 0 atom stereocenters. The summed E-state index contributed by atoms with van der Waals surface area (Å²) < 4.78 is 53.2. The number of fused-ring (bicyclic) bond motifs is 1. The van der Waals surface area contributed by atoms with Crippen LogP contribution in [-0.4, -0.2) is 56.4 Å². The van der Waals surface area contributed by atoms with Crippen LogP contribution in [0.25, 0.3) is 10.2 Å². The summed E-state index contributed by atoms with van der Waals surface area (Å²) in [4.78, 5) is 24.4. The summed E-state index contributed by atoms with van der Waals surface area (Å²) >= 11 is 1.21. The molecule has 4 aromatic rings. The SMILES string of the molecule is CC(C)CN(CC(C)C)S(=O)(=O)c1ccc(C(=O)N(Cc2cccnc2)c2nc3ccc(S(C)(=O)=O)cc3s2)cc1. The van der Waals surface area contributed by atoms with E-state index < -0.39 is 19.9 Å². The molecule has 2 aromatic carbocycles. The fourth-order valence-corrected chi connectivity index (χ4v) is 7.79. The third kappa shape index (κ3) is 7.37. The van der Waals surface area contributed by atoms with Crippen LogP contribution in [0.3, 0.4) is 0 Å². The number of anilines is 1. The minimum absolute atomic E-state index is 0.127. The predicted molar refractivity (Wildman–Crippen MR) is 162 cm³/mol. The van der Waals surface area contributed by atoms with Gasteiger partial charge in [-0.3, -0.25) is 14.7 Å². The maximum Gasteiger partial charge on any atom is 0.260 e. The Kier molecular flexibility index (Phi) is 9.27. The minimum Gasteiger partial charge on any atom is -0.279 e. The number of hydrogen-bond acceptors (Lipinski definition) is 8. The highest BCUT2D eigenvalue weighted by Gasteiger charge is 2.27. The molecule has 2 heterocycles. The van der Waals surface area contributed by atoms with Crippen LogP contribution in [0.4, 0.5) is 5.13 Å². The van der Waals surface area contributed by atoms with Crippen molar-refractivity contribution in [1.29, 1.82) is 0 Å². The average molecular weight is 615 g/mol. The van der Waals surface area contributed by atoms with Crippen LogP contribution in [0.2, 0.25) is 0 Å². The second-order valence-corrected chi connectivity index (χ2v) is 15.7. The smallest absolute Gasteiger partial charge is 0.260 e. The summed E-state index contributed by atoms with van der Waals surface area (Å²) in [5.74, 6) is -0.0538. The molecule has 0 spiro atoms. The van der Waals surface area contributed by atoms with Crippen LogP contribution in [0.5, 0.6) is 0 Å². The highest BCUT2D eigenvalue weighted by molar-refractivity contribution is 7.90. The lowest BCUT2D eigenvalue weighted by atomic mass is 10.2. The van der Waals surface area contributed by atoms with E-state index in [4.69, 9.17) is 0 Å². The molecule has 0 saturated carbocycles. The number of sulfone groups is 1. The van der Waals surface area contributed by atoms with Crippen molar-refractivity contribution < 1.29 is 21.6 Å². The molecule has 41 heavy (non-hydrogen) atoms. The Morgan fingerprint density at radius 2 is 1.54 bits per heavy atom. The largest absolute Gasteiger partial charge is 0.279 e. The van der Waals surface area contributed by atoms with Gasteiger partial charge in [-0.1, -0.05) is 45.1 Å². The van der Waals surface area contributed by atoms with Gasteiger partial charge in [0, 0.05) is 37.3 Å². The Morgan fingerprint density at radius 1 is 0.902 bits per heavy atom. The van der Waals surface area contributed by atoms with Crippen LogP contribution in [-0.2, 0) is 26.4 Å². The van der Waals surface area contributed by atoms with Crippen LogP contribution >= 0.6 is 11.3 Å². The van der Waals surface area contributed by atoms with Crippen LogP contribution in [0.15, 0.2) is 76.8 Å². The molecule has 0 bridgehead atoms. The average Bonchev–Trinajstić information content (AvgIpc) is 3.34. The Balaban J connectivity index is 1.70. The lowest BCUT2D eigenvalue weighted by Crippen LogP contribution is -2.37. The minimum atomic E-state index is -3.75. The normalized spacial score (nSPS) is 12.5. The maximum absolute atomic E-state index is 13.9. The number of carbonyl (C=O) groups excluding carboxylic acids is 1. The number of nitrogens with zero attached hydrogens (tertiary/aromatic N) is 4. The first-order chi connectivity index (χ1) is 19.3. The summed E-state index contributed by atoms with van der Waals surface area (Å²) in [6.45, 7) is 8.88. The highest BCUT2D eigenvalue weighted by Crippen LogP contribution is 2.32. The van der Waals surface area contributed by atoms with Crippen molar-refractivity contribution >= 4 is 52.5 Å². The molecule has 0 N–H and O–H groups in total. The number of amides is 1. The van der Waals surface area contributed by atoms with Crippen molar-refractivity contribution in [2.75, 3.05) is 24.2 Å². The molecule has 0 saturated heterocycles. The zero-order valence-electron chi connectivity index (χ0n) is 23.7. The first kappa shape index (κ1) is 30.8. The quantitative estimate of drug-likeness (QED) is 0.227. The summed E-state index contributed by atoms with van der Waals surface area (Å²) in [6, 6.07) is 14.3. The summed E-state index contributed by atoms with van der Waals surface area (Å²) in [6.07, 6.45) is 4.44. The monoisotopic (exact) mass is 614 g/mol. The van der Waals surface area contributed by atoms with Gasteiger partial charge >= 0.3 is 0 Å². The van der Waals surface area contributed by atoms with Crippen LogP contribution in [0.1, 0.15) is 43.6 Å². The zero-order valence-corrected chi connectivity index (χ0v) is 26.1. The molecule has 9 nitrogen and oxygen atoms in total. The summed E-state index contributed by atoms with van der Waals surface area (Å²) in [7, 11) is -7.16. The second kappa shape index (κ2) is 12.4. The summed E-state index contributed by atoms with van der Waals surface area (Å²) in [5, 5.41) is 0.385. The Hall–Kier alpha value is -3.19.